The third kappa shape index (κ3) is 2.43. The molecule has 0 bridgehead atoms. The number of nitrogens with one attached hydrogen (secondary N) is 3. The largest absolute Gasteiger partial charge is 0.405 e. The molecule has 0 unspecified atom stereocenters. The number of aromatic amines is 1. The predicted octanol–water partition coefficient (Wildman–Crippen LogP) is 2.48. The minimum absolute atomic E-state index is 0.154. The number of para-hydroxylation sites is 1. The molecule has 0 aliphatic rings. The normalized spacial score (nSPS) is 12.0. The van der Waals surface area contributed by atoms with Gasteiger partial charge in [-0.05, 0) is 6.07 Å². The molecule has 1 heterocycles. The van der Waals surface area contributed by atoms with Crippen LogP contribution in [-0.4, -0.2) is 17.7 Å². The molecular formula is C14H10F3N3O2. The molecule has 0 aliphatic carbocycles. The van der Waals surface area contributed by atoms with Gasteiger partial charge in [0.05, 0.1) is 5.69 Å². The Morgan fingerprint density at radius 2 is 1.73 bits per heavy atom. The Morgan fingerprint density at radius 1 is 1.05 bits per heavy atom. The summed E-state index contributed by atoms with van der Waals surface area (Å²) in [5.74, 6) is 0. The van der Waals surface area contributed by atoms with Crippen molar-refractivity contribution in [1.82, 2.24) is 4.98 Å². The topological polar surface area (TPSA) is 74.0 Å². The summed E-state index contributed by atoms with van der Waals surface area (Å²) < 4.78 is 36.6. The van der Waals surface area contributed by atoms with Crippen LogP contribution in [0.15, 0.2) is 40.1 Å². The van der Waals surface area contributed by atoms with Crippen LogP contribution in [0.3, 0.4) is 0 Å². The van der Waals surface area contributed by atoms with E-state index in [0.717, 1.165) is 10.9 Å². The zero-order valence-corrected chi connectivity index (χ0v) is 11.0. The lowest BCUT2D eigenvalue weighted by Gasteiger charge is -2.15. The average molecular weight is 309 g/mol. The molecule has 0 saturated heterocycles. The lowest BCUT2D eigenvalue weighted by molar-refractivity contribution is -0.115. The molecule has 8 heteroatoms. The van der Waals surface area contributed by atoms with Crippen LogP contribution in [0.2, 0.25) is 0 Å². The van der Waals surface area contributed by atoms with Crippen LogP contribution in [0.25, 0.3) is 10.9 Å². The highest BCUT2D eigenvalue weighted by atomic mass is 19.4. The Kier molecular flexibility index (Phi) is 3.16. The molecule has 0 radical (unpaired) electrons. The molecular weight excluding hydrogens is 299 g/mol. The van der Waals surface area contributed by atoms with Crippen LogP contribution < -0.4 is 21.5 Å². The van der Waals surface area contributed by atoms with Crippen LogP contribution in [0.5, 0.6) is 0 Å². The van der Waals surface area contributed by atoms with Gasteiger partial charge in [0.2, 0.25) is 0 Å². The van der Waals surface area contributed by atoms with Crippen LogP contribution in [0.4, 0.5) is 30.2 Å². The molecule has 3 N–H and O–H groups in total. The summed E-state index contributed by atoms with van der Waals surface area (Å²) in [5.41, 5.74) is -0.973. The van der Waals surface area contributed by atoms with Gasteiger partial charge in [0.25, 0.3) is 10.9 Å². The smallest absolute Gasteiger partial charge is 0.371 e. The third-order valence-corrected chi connectivity index (χ3v) is 3.22. The maximum atomic E-state index is 12.2. The first-order valence-electron chi connectivity index (χ1n) is 6.34. The summed E-state index contributed by atoms with van der Waals surface area (Å²) >= 11 is 0. The van der Waals surface area contributed by atoms with Gasteiger partial charge in [-0.1, -0.05) is 18.2 Å². The fourth-order valence-electron chi connectivity index (χ4n) is 2.18. The number of fused-ring (bicyclic) bond motifs is 1. The fraction of sp³-hybridized carbons (Fsp3) is 0.143. The van der Waals surface area contributed by atoms with E-state index in [1.54, 1.807) is 18.3 Å². The zero-order chi connectivity index (χ0) is 15.9. The van der Waals surface area contributed by atoms with Gasteiger partial charge >= 0.3 is 6.18 Å². The van der Waals surface area contributed by atoms with Gasteiger partial charge < -0.3 is 15.6 Å². The highest BCUT2D eigenvalue weighted by Gasteiger charge is 2.30. The zero-order valence-electron chi connectivity index (χ0n) is 11.0. The van der Waals surface area contributed by atoms with Crippen molar-refractivity contribution in [3.63, 3.8) is 0 Å². The minimum Gasteiger partial charge on any atom is -0.371 e. The quantitative estimate of drug-likeness (QED) is 0.647. The van der Waals surface area contributed by atoms with Crippen molar-refractivity contribution in [2.24, 2.45) is 0 Å². The molecule has 114 valence electrons. The van der Waals surface area contributed by atoms with E-state index in [0.29, 0.717) is 5.69 Å². The summed E-state index contributed by atoms with van der Waals surface area (Å²) in [5, 5.41) is 5.44. The molecule has 3 aromatic rings. The number of rotatable bonds is 4. The molecule has 3 rings (SSSR count). The Labute approximate surface area is 121 Å². The number of anilines is 3. The van der Waals surface area contributed by atoms with Crippen molar-refractivity contribution < 1.29 is 13.2 Å². The van der Waals surface area contributed by atoms with E-state index in [9.17, 15) is 22.8 Å². The molecule has 2 aromatic carbocycles. The van der Waals surface area contributed by atoms with Crippen molar-refractivity contribution in [1.29, 1.82) is 0 Å². The second-order valence-electron chi connectivity index (χ2n) is 4.75. The number of hydrogen-bond donors (Lipinski definition) is 3. The molecule has 0 saturated carbocycles. The molecule has 0 fully saturated rings. The van der Waals surface area contributed by atoms with E-state index >= 15 is 0 Å². The number of alkyl halides is 3. The Bertz CT molecular complexity index is 904. The summed E-state index contributed by atoms with van der Waals surface area (Å²) in [6.45, 7) is -1.37. The Balaban J connectivity index is 1.89. The predicted molar refractivity (Wildman–Crippen MR) is 77.5 cm³/mol. The van der Waals surface area contributed by atoms with Crippen LogP contribution in [0, 0.1) is 0 Å². The number of hydrogen-bond acceptors (Lipinski definition) is 4. The first-order valence-corrected chi connectivity index (χ1v) is 6.34. The van der Waals surface area contributed by atoms with Crippen molar-refractivity contribution >= 4 is 28.0 Å². The molecule has 22 heavy (non-hydrogen) atoms. The van der Waals surface area contributed by atoms with Crippen molar-refractivity contribution in [3.05, 3.63) is 50.9 Å². The van der Waals surface area contributed by atoms with Gasteiger partial charge in [-0.2, -0.15) is 13.2 Å². The molecule has 0 spiro atoms. The van der Waals surface area contributed by atoms with Gasteiger partial charge in [0.1, 0.15) is 17.9 Å². The average Bonchev–Trinajstić information content (AvgIpc) is 2.88. The van der Waals surface area contributed by atoms with E-state index in [1.165, 1.54) is 0 Å². The second kappa shape index (κ2) is 4.90. The van der Waals surface area contributed by atoms with Gasteiger partial charge in [-0.25, -0.2) is 0 Å². The van der Waals surface area contributed by atoms with Crippen LogP contribution in [0.1, 0.15) is 0 Å². The summed E-state index contributed by atoms with van der Waals surface area (Å²) in [6, 6.07) is 7.19. The molecule has 1 aromatic heterocycles. The highest BCUT2D eigenvalue weighted by Crippen LogP contribution is 2.28. The summed E-state index contributed by atoms with van der Waals surface area (Å²) in [7, 11) is 0. The van der Waals surface area contributed by atoms with Gasteiger partial charge in [-0.15, -0.1) is 0 Å². The minimum atomic E-state index is -4.47. The van der Waals surface area contributed by atoms with E-state index in [-0.39, 0.29) is 11.4 Å². The van der Waals surface area contributed by atoms with E-state index in [4.69, 9.17) is 0 Å². The summed E-state index contributed by atoms with van der Waals surface area (Å²) in [4.78, 5) is 25.9. The van der Waals surface area contributed by atoms with Gasteiger partial charge in [0.15, 0.2) is 0 Å². The van der Waals surface area contributed by atoms with E-state index in [2.05, 4.69) is 10.3 Å². The summed E-state index contributed by atoms with van der Waals surface area (Å²) in [6.07, 6.45) is -2.90. The number of halogens is 3. The number of H-pyrrole nitrogens is 1. The first kappa shape index (κ1) is 14.2. The van der Waals surface area contributed by atoms with Crippen LogP contribution >= 0.6 is 0 Å². The molecule has 0 amide bonds. The van der Waals surface area contributed by atoms with E-state index in [1.807, 2.05) is 17.4 Å². The molecule has 0 atom stereocenters. The Hall–Kier alpha value is -2.77. The lowest BCUT2D eigenvalue weighted by Crippen LogP contribution is -2.38. The third-order valence-electron chi connectivity index (χ3n) is 3.22. The maximum absolute atomic E-state index is 12.2. The van der Waals surface area contributed by atoms with Crippen molar-refractivity contribution in [2.75, 3.05) is 17.2 Å². The van der Waals surface area contributed by atoms with Crippen molar-refractivity contribution in [3.8, 4) is 0 Å². The fourth-order valence-corrected chi connectivity index (χ4v) is 2.18. The maximum Gasteiger partial charge on any atom is 0.405 e. The number of benzene rings is 1. The molecule has 0 aliphatic heterocycles. The van der Waals surface area contributed by atoms with E-state index < -0.39 is 23.6 Å². The highest BCUT2D eigenvalue weighted by molar-refractivity contribution is 5.95. The monoisotopic (exact) mass is 309 g/mol. The molecule has 5 nitrogen and oxygen atoms in total. The number of aromatic nitrogens is 1. The SMILES string of the molecule is O=c1c(NCC(F)(F)F)c(Nc2c[nH]c3ccccc23)c1=O. The standard InChI is InChI=1S/C14H10F3N3O2/c15-14(16,17)6-19-10-11(13(22)12(10)21)20-9-5-18-8-4-2-1-3-7(8)9/h1-5,18-20H,6H2. The Morgan fingerprint density at radius 3 is 2.45 bits per heavy atom. The van der Waals surface area contributed by atoms with Crippen molar-refractivity contribution in [2.45, 2.75) is 6.18 Å². The second-order valence-corrected chi connectivity index (χ2v) is 4.75. The van der Waals surface area contributed by atoms with Gasteiger partial charge in [0, 0.05) is 17.1 Å². The van der Waals surface area contributed by atoms with Gasteiger partial charge in [-0.3, -0.25) is 9.59 Å². The van der Waals surface area contributed by atoms with Crippen LogP contribution in [-0.2, 0) is 0 Å². The lowest BCUT2D eigenvalue weighted by atomic mass is 10.1. The first-order chi connectivity index (χ1) is 10.4.